The highest BCUT2D eigenvalue weighted by atomic mass is 16.5. The SMILES string of the molecule is O=C(NC1CCC(Oc2ccc(C(=O)N3CCCC4CCCC=C43)cc2)CC1)C1CC1. The highest BCUT2D eigenvalue weighted by Crippen LogP contribution is 2.36. The lowest BCUT2D eigenvalue weighted by Crippen LogP contribution is -2.40. The lowest BCUT2D eigenvalue weighted by atomic mass is 9.84. The van der Waals surface area contributed by atoms with Crippen LogP contribution in [0.2, 0.25) is 0 Å². The van der Waals surface area contributed by atoms with E-state index in [9.17, 15) is 9.59 Å². The molecular formula is C26H34N2O3. The zero-order valence-electron chi connectivity index (χ0n) is 18.4. The van der Waals surface area contributed by atoms with Crippen LogP contribution in [0.5, 0.6) is 5.75 Å². The van der Waals surface area contributed by atoms with E-state index in [0.717, 1.165) is 69.2 Å². The van der Waals surface area contributed by atoms with Crippen LogP contribution >= 0.6 is 0 Å². The number of fused-ring (bicyclic) bond motifs is 1. The van der Waals surface area contributed by atoms with Crippen LogP contribution in [0, 0.1) is 11.8 Å². The van der Waals surface area contributed by atoms with Gasteiger partial charge in [0, 0.05) is 29.8 Å². The fraction of sp³-hybridized carbons (Fsp3) is 0.615. The monoisotopic (exact) mass is 422 g/mol. The Kier molecular flexibility index (Phi) is 6.02. The van der Waals surface area contributed by atoms with Gasteiger partial charge in [-0.1, -0.05) is 6.08 Å². The molecule has 0 radical (unpaired) electrons. The number of hydrogen-bond donors (Lipinski definition) is 1. The summed E-state index contributed by atoms with van der Waals surface area (Å²) < 4.78 is 6.19. The minimum Gasteiger partial charge on any atom is -0.490 e. The van der Waals surface area contributed by atoms with E-state index in [0.29, 0.717) is 12.0 Å². The van der Waals surface area contributed by atoms with E-state index in [1.807, 2.05) is 29.2 Å². The molecule has 3 fully saturated rings. The van der Waals surface area contributed by atoms with Crippen molar-refractivity contribution in [2.45, 2.75) is 82.8 Å². The first-order valence-electron chi connectivity index (χ1n) is 12.3. The first kappa shape index (κ1) is 20.6. The number of piperidine rings is 1. The van der Waals surface area contributed by atoms with Gasteiger partial charge < -0.3 is 15.0 Å². The van der Waals surface area contributed by atoms with E-state index in [1.54, 1.807) is 0 Å². The maximum Gasteiger partial charge on any atom is 0.258 e. The van der Waals surface area contributed by atoms with Crippen LogP contribution in [0.1, 0.15) is 81.0 Å². The fourth-order valence-corrected chi connectivity index (χ4v) is 5.41. The molecule has 4 aliphatic rings. The molecule has 0 spiro atoms. The molecule has 2 saturated carbocycles. The number of rotatable bonds is 5. The number of amides is 2. The molecule has 5 rings (SSSR count). The van der Waals surface area contributed by atoms with E-state index in [-0.39, 0.29) is 23.8 Å². The van der Waals surface area contributed by atoms with Crippen LogP contribution < -0.4 is 10.1 Å². The zero-order valence-corrected chi connectivity index (χ0v) is 18.4. The van der Waals surface area contributed by atoms with Crippen molar-refractivity contribution in [2.75, 3.05) is 6.54 Å². The summed E-state index contributed by atoms with van der Waals surface area (Å²) in [7, 11) is 0. The summed E-state index contributed by atoms with van der Waals surface area (Å²) >= 11 is 0. The first-order valence-corrected chi connectivity index (χ1v) is 12.3. The van der Waals surface area contributed by atoms with Crippen molar-refractivity contribution in [3.63, 3.8) is 0 Å². The molecule has 5 nitrogen and oxygen atoms in total. The number of likely N-dealkylation sites (tertiary alicyclic amines) is 1. The molecule has 31 heavy (non-hydrogen) atoms. The summed E-state index contributed by atoms with van der Waals surface area (Å²) in [4.78, 5) is 27.1. The van der Waals surface area contributed by atoms with E-state index in [4.69, 9.17) is 4.74 Å². The Morgan fingerprint density at radius 1 is 0.903 bits per heavy atom. The van der Waals surface area contributed by atoms with E-state index in [1.165, 1.54) is 25.0 Å². The maximum atomic E-state index is 13.1. The first-order chi connectivity index (χ1) is 15.2. The Balaban J connectivity index is 1.14. The van der Waals surface area contributed by atoms with Gasteiger partial charge in [-0.05, 0) is 101 Å². The van der Waals surface area contributed by atoms with Gasteiger partial charge in [0.2, 0.25) is 5.91 Å². The van der Waals surface area contributed by atoms with Gasteiger partial charge in [0.1, 0.15) is 5.75 Å². The van der Waals surface area contributed by atoms with Crippen molar-refractivity contribution in [2.24, 2.45) is 11.8 Å². The normalized spacial score (nSPS) is 28.3. The average Bonchev–Trinajstić information content (AvgIpc) is 3.66. The molecule has 1 aromatic carbocycles. The van der Waals surface area contributed by atoms with Crippen molar-refractivity contribution in [3.8, 4) is 5.75 Å². The van der Waals surface area contributed by atoms with Crippen molar-refractivity contribution in [1.82, 2.24) is 10.2 Å². The summed E-state index contributed by atoms with van der Waals surface area (Å²) in [5.41, 5.74) is 2.00. The summed E-state index contributed by atoms with van der Waals surface area (Å²) in [6.07, 6.45) is 14.3. The molecule has 1 atom stereocenters. The molecule has 1 heterocycles. The van der Waals surface area contributed by atoms with Crippen LogP contribution in [0.15, 0.2) is 36.0 Å². The smallest absolute Gasteiger partial charge is 0.258 e. The Morgan fingerprint density at radius 3 is 2.39 bits per heavy atom. The van der Waals surface area contributed by atoms with E-state index in [2.05, 4.69) is 11.4 Å². The van der Waals surface area contributed by atoms with Gasteiger partial charge in [-0.25, -0.2) is 0 Å². The van der Waals surface area contributed by atoms with Crippen LogP contribution in [0.25, 0.3) is 0 Å². The van der Waals surface area contributed by atoms with Crippen LogP contribution in [0.3, 0.4) is 0 Å². The molecule has 1 unspecified atom stereocenters. The van der Waals surface area contributed by atoms with Crippen molar-refractivity contribution >= 4 is 11.8 Å². The second-order valence-corrected chi connectivity index (χ2v) is 9.75. The van der Waals surface area contributed by atoms with Crippen molar-refractivity contribution in [1.29, 1.82) is 0 Å². The topological polar surface area (TPSA) is 58.6 Å². The molecule has 1 saturated heterocycles. The standard InChI is InChI=1S/C26H34N2O3/c29-25(19-7-8-19)27-21-11-15-23(16-12-21)31-22-13-9-20(10-14-22)26(30)28-17-3-5-18-4-1-2-6-24(18)28/h6,9-10,13-14,18-19,21,23H,1-5,7-8,11-12,15-17H2,(H,27,29). The number of nitrogens with zero attached hydrogens (tertiary/aromatic N) is 1. The second-order valence-electron chi connectivity index (χ2n) is 9.75. The summed E-state index contributed by atoms with van der Waals surface area (Å²) in [6.45, 7) is 0.833. The number of carbonyl (C=O) groups excluding carboxylic acids is 2. The molecule has 2 amide bonds. The van der Waals surface area contributed by atoms with Gasteiger partial charge in [-0.15, -0.1) is 0 Å². The van der Waals surface area contributed by atoms with Crippen LogP contribution in [-0.2, 0) is 4.79 Å². The fourth-order valence-electron chi connectivity index (χ4n) is 5.41. The zero-order chi connectivity index (χ0) is 21.2. The number of nitrogens with one attached hydrogen (secondary N) is 1. The largest absolute Gasteiger partial charge is 0.490 e. The Hall–Kier alpha value is -2.30. The quantitative estimate of drug-likeness (QED) is 0.740. The number of allylic oxidation sites excluding steroid dienone is 2. The number of carbonyl (C=O) groups is 2. The molecular weight excluding hydrogens is 388 g/mol. The Labute approximate surface area is 185 Å². The van der Waals surface area contributed by atoms with Gasteiger partial charge in [0.25, 0.3) is 5.91 Å². The average molecular weight is 423 g/mol. The summed E-state index contributed by atoms with van der Waals surface area (Å²) in [6, 6.07) is 7.99. The minimum absolute atomic E-state index is 0.122. The summed E-state index contributed by atoms with van der Waals surface area (Å²) in [5.74, 6) is 2.04. The van der Waals surface area contributed by atoms with Crippen molar-refractivity contribution in [3.05, 3.63) is 41.6 Å². The third-order valence-corrected chi connectivity index (χ3v) is 7.39. The predicted octanol–water partition coefficient (Wildman–Crippen LogP) is 4.82. The third-order valence-electron chi connectivity index (χ3n) is 7.39. The molecule has 166 valence electrons. The van der Waals surface area contributed by atoms with Crippen LogP contribution in [-0.4, -0.2) is 35.4 Å². The Bertz CT molecular complexity index is 835. The molecule has 0 aromatic heterocycles. The van der Waals surface area contributed by atoms with Gasteiger partial charge in [0.05, 0.1) is 6.10 Å². The van der Waals surface area contributed by atoms with Gasteiger partial charge in [-0.2, -0.15) is 0 Å². The third kappa shape index (κ3) is 4.81. The highest BCUT2D eigenvalue weighted by molar-refractivity contribution is 5.95. The summed E-state index contributed by atoms with van der Waals surface area (Å²) in [5, 5.41) is 3.19. The van der Waals surface area contributed by atoms with E-state index < -0.39 is 0 Å². The van der Waals surface area contributed by atoms with Gasteiger partial charge >= 0.3 is 0 Å². The Morgan fingerprint density at radius 2 is 1.65 bits per heavy atom. The van der Waals surface area contributed by atoms with Crippen molar-refractivity contribution < 1.29 is 14.3 Å². The molecule has 3 aliphatic carbocycles. The predicted molar refractivity (Wildman–Crippen MR) is 120 cm³/mol. The molecule has 1 aliphatic heterocycles. The molecule has 1 N–H and O–H groups in total. The van der Waals surface area contributed by atoms with Gasteiger partial charge in [0.15, 0.2) is 0 Å². The molecule has 5 heteroatoms. The molecule has 0 bridgehead atoms. The lowest BCUT2D eigenvalue weighted by Gasteiger charge is -2.38. The number of benzene rings is 1. The second kappa shape index (κ2) is 9.05. The van der Waals surface area contributed by atoms with E-state index >= 15 is 0 Å². The molecule has 1 aromatic rings. The number of hydrogen-bond acceptors (Lipinski definition) is 3. The van der Waals surface area contributed by atoms with Gasteiger partial charge in [-0.3, -0.25) is 9.59 Å². The minimum atomic E-state index is 0.122. The van der Waals surface area contributed by atoms with Crippen LogP contribution in [0.4, 0.5) is 0 Å². The highest BCUT2D eigenvalue weighted by Gasteiger charge is 2.33. The maximum absolute atomic E-state index is 13.1. The lowest BCUT2D eigenvalue weighted by molar-refractivity contribution is -0.123. The number of ether oxygens (including phenoxy) is 1.